The van der Waals surface area contributed by atoms with E-state index >= 15 is 0 Å². The maximum atomic E-state index is 12.9. The van der Waals surface area contributed by atoms with Crippen molar-refractivity contribution in [3.63, 3.8) is 0 Å². The molecule has 2 bridgehead atoms. The van der Waals surface area contributed by atoms with Crippen LogP contribution in [0, 0.1) is 0 Å². The van der Waals surface area contributed by atoms with Gasteiger partial charge in [-0.25, -0.2) is 19.3 Å². The molecule has 172 valence electrons. The zero-order chi connectivity index (χ0) is 23.4. The Hall–Kier alpha value is -4.05. The molecule has 2 saturated heterocycles. The summed E-state index contributed by atoms with van der Waals surface area (Å²) in [4.78, 5) is 43.8. The average molecular weight is 457 g/mol. The first-order valence-corrected chi connectivity index (χ1v) is 11.2. The summed E-state index contributed by atoms with van der Waals surface area (Å²) in [5, 5.41) is 3.36. The van der Waals surface area contributed by atoms with Crippen LogP contribution in [0.4, 0.5) is 17.5 Å². The molecular weight excluding hydrogens is 432 g/mol. The second-order valence-corrected chi connectivity index (χ2v) is 8.91. The summed E-state index contributed by atoms with van der Waals surface area (Å²) in [5.41, 5.74) is 1.05. The third-order valence-electron chi connectivity index (χ3n) is 6.84. The standard InChI is InChI=1S/C24H24N8O2/c1-29-13-18-10-17(29)14-31(18)16-8-9-20(25-11-16)27-23-26-12-19-21(28-23)32(15-6-4-3-5-7-15)24(34)30(2)22(19)33/h3-9,11-12,17-18H,10,13-14H2,1-2H3,(H,25,26,27,28)/t17-,18+/m1/s1. The number of nitrogens with zero attached hydrogens (tertiary/aromatic N) is 7. The van der Waals surface area contributed by atoms with E-state index in [-0.39, 0.29) is 17.0 Å². The fourth-order valence-electron chi connectivity index (χ4n) is 5.00. The molecule has 34 heavy (non-hydrogen) atoms. The molecule has 0 aliphatic carbocycles. The van der Waals surface area contributed by atoms with Gasteiger partial charge >= 0.3 is 5.69 Å². The molecule has 2 fully saturated rings. The third kappa shape index (κ3) is 3.26. The molecule has 10 nitrogen and oxygen atoms in total. The molecule has 0 unspecified atom stereocenters. The van der Waals surface area contributed by atoms with Gasteiger partial charge in [0.15, 0.2) is 5.65 Å². The highest BCUT2D eigenvalue weighted by molar-refractivity contribution is 5.76. The number of hydrogen-bond acceptors (Lipinski definition) is 8. The highest BCUT2D eigenvalue weighted by Crippen LogP contribution is 2.33. The Balaban J connectivity index is 1.34. The van der Waals surface area contributed by atoms with Crippen molar-refractivity contribution in [1.82, 2.24) is 29.0 Å². The van der Waals surface area contributed by atoms with Crippen molar-refractivity contribution in [1.29, 1.82) is 0 Å². The van der Waals surface area contributed by atoms with Crippen LogP contribution in [0.25, 0.3) is 16.7 Å². The van der Waals surface area contributed by atoms with Gasteiger partial charge in [-0.1, -0.05) is 18.2 Å². The van der Waals surface area contributed by atoms with Crippen LogP contribution < -0.4 is 21.5 Å². The van der Waals surface area contributed by atoms with Crippen molar-refractivity contribution < 1.29 is 0 Å². The number of likely N-dealkylation sites (N-methyl/N-ethyl adjacent to an activating group) is 1. The van der Waals surface area contributed by atoms with Crippen molar-refractivity contribution in [2.45, 2.75) is 18.5 Å². The normalized spacial score (nSPS) is 19.8. The Morgan fingerprint density at radius 1 is 0.912 bits per heavy atom. The van der Waals surface area contributed by atoms with E-state index in [4.69, 9.17) is 0 Å². The fraction of sp³-hybridized carbons (Fsp3) is 0.292. The predicted octanol–water partition coefficient (Wildman–Crippen LogP) is 1.51. The Bertz CT molecular complexity index is 1490. The van der Waals surface area contributed by atoms with E-state index in [1.165, 1.54) is 24.2 Å². The number of benzene rings is 1. The van der Waals surface area contributed by atoms with Gasteiger partial charge in [-0.05, 0) is 37.7 Å². The number of para-hydroxylation sites is 1. The Labute approximate surface area is 195 Å². The summed E-state index contributed by atoms with van der Waals surface area (Å²) in [5.74, 6) is 0.842. The van der Waals surface area contributed by atoms with E-state index < -0.39 is 11.2 Å². The lowest BCUT2D eigenvalue weighted by Crippen LogP contribution is -2.44. The lowest BCUT2D eigenvalue weighted by molar-refractivity contribution is 0.292. The van der Waals surface area contributed by atoms with E-state index in [1.807, 2.05) is 36.5 Å². The number of hydrogen-bond donors (Lipinski definition) is 1. The number of likely N-dealkylation sites (tertiary alicyclic amines) is 1. The predicted molar refractivity (Wildman–Crippen MR) is 130 cm³/mol. The molecule has 0 amide bonds. The lowest BCUT2D eigenvalue weighted by Gasteiger charge is -2.33. The molecule has 0 spiro atoms. The Kier molecular flexibility index (Phi) is 4.70. The maximum absolute atomic E-state index is 12.9. The second-order valence-electron chi connectivity index (χ2n) is 8.91. The van der Waals surface area contributed by atoms with Gasteiger partial charge in [0.25, 0.3) is 5.56 Å². The van der Waals surface area contributed by atoms with Gasteiger partial charge in [0.1, 0.15) is 11.2 Å². The van der Waals surface area contributed by atoms with E-state index in [0.717, 1.165) is 23.3 Å². The summed E-state index contributed by atoms with van der Waals surface area (Å²) in [7, 11) is 3.63. The molecule has 1 aromatic carbocycles. The number of aromatic nitrogens is 5. The van der Waals surface area contributed by atoms with E-state index in [1.54, 1.807) is 12.1 Å². The number of anilines is 3. The first-order valence-electron chi connectivity index (χ1n) is 11.2. The quantitative estimate of drug-likeness (QED) is 0.493. The SMILES string of the molecule is CN1C[C@@H]2C[C@@H]1CN2c1ccc(Nc2ncc3c(=O)n(C)c(=O)n(-c4ccccc4)c3n2)nc1. The molecule has 1 N–H and O–H groups in total. The van der Waals surface area contributed by atoms with Crippen LogP contribution in [-0.4, -0.2) is 61.2 Å². The number of nitrogens with one attached hydrogen (secondary N) is 1. The first kappa shape index (κ1) is 20.5. The minimum atomic E-state index is -0.471. The van der Waals surface area contributed by atoms with Gasteiger partial charge in [0.05, 0.1) is 17.6 Å². The van der Waals surface area contributed by atoms with E-state index in [2.05, 4.69) is 37.1 Å². The molecule has 0 radical (unpaired) electrons. The number of pyridine rings is 1. The van der Waals surface area contributed by atoms with Gasteiger partial charge in [-0.3, -0.25) is 14.3 Å². The third-order valence-corrected chi connectivity index (χ3v) is 6.84. The summed E-state index contributed by atoms with van der Waals surface area (Å²) in [6.45, 7) is 2.10. The molecule has 4 aromatic rings. The molecular formula is C24H24N8O2. The molecule has 3 aromatic heterocycles. The minimum Gasteiger partial charge on any atom is -0.364 e. The van der Waals surface area contributed by atoms with Crippen molar-refractivity contribution in [3.8, 4) is 5.69 Å². The minimum absolute atomic E-state index is 0.241. The lowest BCUT2D eigenvalue weighted by atomic mass is 10.2. The Morgan fingerprint density at radius 2 is 1.74 bits per heavy atom. The van der Waals surface area contributed by atoms with Crippen LogP contribution >= 0.6 is 0 Å². The van der Waals surface area contributed by atoms with E-state index in [9.17, 15) is 9.59 Å². The summed E-state index contributed by atoms with van der Waals surface area (Å²) in [6.07, 6.45) is 4.50. The smallest absolute Gasteiger partial charge is 0.337 e. The van der Waals surface area contributed by atoms with E-state index in [0.29, 0.717) is 23.6 Å². The summed E-state index contributed by atoms with van der Waals surface area (Å²) < 4.78 is 2.48. The highest BCUT2D eigenvalue weighted by atomic mass is 16.2. The topological polar surface area (TPSA) is 101 Å². The first-order chi connectivity index (χ1) is 16.5. The molecule has 2 aliphatic heterocycles. The van der Waals surface area contributed by atoms with Gasteiger partial charge in [0.2, 0.25) is 5.95 Å². The van der Waals surface area contributed by atoms with Crippen LogP contribution in [0.2, 0.25) is 0 Å². The van der Waals surface area contributed by atoms with Crippen LogP contribution in [0.1, 0.15) is 6.42 Å². The maximum Gasteiger partial charge on any atom is 0.337 e. The monoisotopic (exact) mass is 456 g/mol. The van der Waals surface area contributed by atoms with Crippen LogP contribution in [0.15, 0.2) is 64.4 Å². The van der Waals surface area contributed by atoms with Crippen molar-refractivity contribution >= 4 is 28.5 Å². The number of fused-ring (bicyclic) bond motifs is 3. The zero-order valence-electron chi connectivity index (χ0n) is 18.9. The Morgan fingerprint density at radius 3 is 2.41 bits per heavy atom. The van der Waals surface area contributed by atoms with Crippen LogP contribution in [0.5, 0.6) is 0 Å². The molecule has 5 heterocycles. The van der Waals surface area contributed by atoms with Gasteiger partial charge in [0, 0.05) is 38.4 Å². The van der Waals surface area contributed by atoms with Gasteiger partial charge in [-0.2, -0.15) is 4.98 Å². The molecule has 0 saturated carbocycles. The summed E-state index contributed by atoms with van der Waals surface area (Å²) >= 11 is 0. The molecule has 2 aliphatic rings. The largest absolute Gasteiger partial charge is 0.364 e. The van der Waals surface area contributed by atoms with Crippen molar-refractivity contribution in [2.24, 2.45) is 7.05 Å². The number of piperazine rings is 1. The van der Waals surface area contributed by atoms with Crippen molar-refractivity contribution in [3.05, 3.63) is 75.7 Å². The van der Waals surface area contributed by atoms with Gasteiger partial charge in [-0.15, -0.1) is 0 Å². The van der Waals surface area contributed by atoms with Gasteiger partial charge < -0.3 is 10.2 Å². The number of rotatable bonds is 4. The zero-order valence-corrected chi connectivity index (χ0v) is 18.9. The molecule has 6 rings (SSSR count). The molecule has 10 heteroatoms. The second kappa shape index (κ2) is 7.77. The fourth-order valence-corrected chi connectivity index (χ4v) is 5.00. The van der Waals surface area contributed by atoms with Crippen LogP contribution in [0.3, 0.4) is 0 Å². The highest BCUT2D eigenvalue weighted by Gasteiger charge is 2.41. The molecule has 2 atom stereocenters. The average Bonchev–Trinajstić information content (AvgIpc) is 3.44. The van der Waals surface area contributed by atoms with Crippen molar-refractivity contribution in [2.75, 3.05) is 30.4 Å². The van der Waals surface area contributed by atoms with Crippen LogP contribution in [-0.2, 0) is 7.05 Å². The summed E-state index contributed by atoms with van der Waals surface area (Å²) in [6, 6.07) is 14.2.